The predicted molar refractivity (Wildman–Crippen MR) is 58.3 cm³/mol. The second kappa shape index (κ2) is 4.63. The molecule has 3 heteroatoms. The molecule has 1 rings (SSSR count). The molecule has 0 aromatic heterocycles. The van der Waals surface area contributed by atoms with Crippen LogP contribution in [0.4, 0.5) is 0 Å². The maximum atomic E-state index is 5.74. The average Bonchev–Trinajstić information content (AvgIpc) is 2.02. The van der Waals surface area contributed by atoms with Crippen LogP contribution in [-0.2, 0) is 4.74 Å². The van der Waals surface area contributed by atoms with Crippen LogP contribution >= 0.6 is 12.4 Å². The Balaban J connectivity index is 0.00000144. The number of halogens is 1. The Labute approximate surface area is 87.6 Å². The summed E-state index contributed by atoms with van der Waals surface area (Å²) in [7, 11) is 1.79. The first kappa shape index (κ1) is 13.2. The molecule has 2 nitrogen and oxygen atoms in total. The quantitative estimate of drug-likeness (QED) is 0.755. The summed E-state index contributed by atoms with van der Waals surface area (Å²) in [5.74, 6) is 0. The third-order valence-corrected chi connectivity index (χ3v) is 3.09. The molecule has 0 saturated heterocycles. The fraction of sp³-hybridized carbons (Fsp3) is 1.00. The number of hydrogen-bond donors (Lipinski definition) is 1. The third-order valence-electron chi connectivity index (χ3n) is 3.09. The molecule has 0 spiro atoms. The molecule has 0 bridgehead atoms. The van der Waals surface area contributed by atoms with Crippen molar-refractivity contribution in [1.29, 1.82) is 0 Å². The Morgan fingerprint density at radius 2 is 1.92 bits per heavy atom. The summed E-state index contributed by atoms with van der Waals surface area (Å²) in [5, 5.41) is 0. The van der Waals surface area contributed by atoms with Crippen molar-refractivity contribution in [2.75, 3.05) is 13.7 Å². The van der Waals surface area contributed by atoms with Crippen LogP contribution in [0.1, 0.15) is 39.5 Å². The van der Waals surface area contributed by atoms with E-state index in [1.807, 2.05) is 0 Å². The van der Waals surface area contributed by atoms with Gasteiger partial charge in [0.15, 0.2) is 0 Å². The van der Waals surface area contributed by atoms with Crippen LogP contribution in [0.15, 0.2) is 0 Å². The molecule has 1 fully saturated rings. The lowest BCUT2D eigenvalue weighted by molar-refractivity contribution is -0.0652. The van der Waals surface area contributed by atoms with Gasteiger partial charge in [0.25, 0.3) is 0 Å². The van der Waals surface area contributed by atoms with Gasteiger partial charge in [0.1, 0.15) is 0 Å². The van der Waals surface area contributed by atoms with Gasteiger partial charge < -0.3 is 10.5 Å². The van der Waals surface area contributed by atoms with E-state index in [9.17, 15) is 0 Å². The summed E-state index contributed by atoms with van der Waals surface area (Å²) < 4.78 is 5.54. The van der Waals surface area contributed by atoms with Gasteiger partial charge in [-0.05, 0) is 24.7 Å². The molecular formula is C10H22ClNO. The summed E-state index contributed by atoms with van der Waals surface area (Å²) in [5.41, 5.74) is 6.13. The van der Waals surface area contributed by atoms with Gasteiger partial charge in [-0.3, -0.25) is 0 Å². The smallest absolute Gasteiger partial charge is 0.0805 e. The molecule has 0 amide bonds. The van der Waals surface area contributed by atoms with Crippen LogP contribution in [-0.4, -0.2) is 19.3 Å². The minimum atomic E-state index is -0.0260. The Morgan fingerprint density at radius 1 is 1.31 bits per heavy atom. The zero-order valence-corrected chi connectivity index (χ0v) is 9.75. The molecule has 0 heterocycles. The van der Waals surface area contributed by atoms with Crippen molar-refractivity contribution in [1.82, 2.24) is 0 Å². The number of nitrogens with two attached hydrogens (primary N) is 1. The molecule has 1 atom stereocenters. The molecule has 0 aliphatic heterocycles. The Bertz CT molecular complexity index is 155. The van der Waals surface area contributed by atoms with Gasteiger partial charge >= 0.3 is 0 Å². The first-order chi connectivity index (χ1) is 5.54. The Morgan fingerprint density at radius 3 is 2.23 bits per heavy atom. The molecular weight excluding hydrogens is 186 g/mol. The number of rotatable bonds is 2. The van der Waals surface area contributed by atoms with Gasteiger partial charge in [-0.25, -0.2) is 0 Å². The molecule has 0 aromatic rings. The van der Waals surface area contributed by atoms with E-state index in [-0.39, 0.29) is 18.0 Å². The molecule has 0 radical (unpaired) electrons. The zero-order chi connectivity index (χ0) is 9.24. The fourth-order valence-electron chi connectivity index (χ4n) is 2.37. The molecule has 1 unspecified atom stereocenters. The van der Waals surface area contributed by atoms with E-state index >= 15 is 0 Å². The molecule has 1 saturated carbocycles. The summed E-state index contributed by atoms with van der Waals surface area (Å²) in [4.78, 5) is 0. The van der Waals surface area contributed by atoms with Gasteiger partial charge in [-0.2, -0.15) is 0 Å². The van der Waals surface area contributed by atoms with Crippen molar-refractivity contribution >= 4 is 12.4 Å². The van der Waals surface area contributed by atoms with E-state index in [1.54, 1.807) is 7.11 Å². The highest BCUT2D eigenvalue weighted by atomic mass is 35.5. The minimum Gasteiger partial charge on any atom is -0.377 e. The maximum Gasteiger partial charge on any atom is 0.0805 e. The van der Waals surface area contributed by atoms with Crippen LogP contribution in [0, 0.1) is 5.41 Å². The number of methoxy groups -OCH3 is 1. The second-order valence-electron chi connectivity index (χ2n) is 4.79. The third kappa shape index (κ3) is 3.12. The molecule has 1 aliphatic carbocycles. The fourth-order valence-corrected chi connectivity index (χ4v) is 2.37. The normalized spacial score (nSPS) is 32.3. The highest BCUT2D eigenvalue weighted by molar-refractivity contribution is 5.85. The van der Waals surface area contributed by atoms with Gasteiger partial charge in [0, 0.05) is 13.7 Å². The summed E-state index contributed by atoms with van der Waals surface area (Å²) >= 11 is 0. The van der Waals surface area contributed by atoms with Crippen LogP contribution in [0.25, 0.3) is 0 Å². The van der Waals surface area contributed by atoms with E-state index in [1.165, 1.54) is 12.8 Å². The SMILES string of the molecule is COC1(CN)CCCC(C)(C)C1.Cl. The number of hydrogen-bond acceptors (Lipinski definition) is 2. The summed E-state index contributed by atoms with van der Waals surface area (Å²) in [6, 6.07) is 0. The standard InChI is InChI=1S/C10H21NO.ClH/c1-9(2)5-4-6-10(7-9,8-11)12-3;/h4-8,11H2,1-3H3;1H. The van der Waals surface area contributed by atoms with Crippen LogP contribution in [0.5, 0.6) is 0 Å². The lowest BCUT2D eigenvalue weighted by Crippen LogP contribution is -2.46. The van der Waals surface area contributed by atoms with Gasteiger partial charge in [-0.1, -0.05) is 20.3 Å². The largest absolute Gasteiger partial charge is 0.377 e. The lowest BCUT2D eigenvalue weighted by atomic mass is 9.70. The van der Waals surface area contributed by atoms with E-state index in [0.29, 0.717) is 12.0 Å². The van der Waals surface area contributed by atoms with Crippen molar-refractivity contribution in [3.05, 3.63) is 0 Å². The van der Waals surface area contributed by atoms with Crippen molar-refractivity contribution < 1.29 is 4.74 Å². The van der Waals surface area contributed by atoms with Crippen molar-refractivity contribution in [3.63, 3.8) is 0 Å². The van der Waals surface area contributed by atoms with Gasteiger partial charge in [0.2, 0.25) is 0 Å². The number of ether oxygens (including phenoxy) is 1. The lowest BCUT2D eigenvalue weighted by Gasteiger charge is -2.43. The highest BCUT2D eigenvalue weighted by Crippen LogP contribution is 2.41. The van der Waals surface area contributed by atoms with Crippen LogP contribution < -0.4 is 5.73 Å². The van der Waals surface area contributed by atoms with Gasteiger partial charge in [-0.15, -0.1) is 12.4 Å². The molecule has 1 aliphatic rings. The predicted octanol–water partition coefficient (Wildman–Crippen LogP) is 2.35. The first-order valence-electron chi connectivity index (χ1n) is 4.79. The van der Waals surface area contributed by atoms with Crippen molar-refractivity contribution in [2.45, 2.75) is 45.1 Å². The van der Waals surface area contributed by atoms with Crippen LogP contribution in [0.2, 0.25) is 0 Å². The Kier molecular flexibility index (Phi) is 4.70. The molecule has 80 valence electrons. The topological polar surface area (TPSA) is 35.2 Å². The molecule has 13 heavy (non-hydrogen) atoms. The van der Waals surface area contributed by atoms with E-state index in [2.05, 4.69) is 13.8 Å². The monoisotopic (exact) mass is 207 g/mol. The second-order valence-corrected chi connectivity index (χ2v) is 4.79. The Hall–Kier alpha value is 0.210. The van der Waals surface area contributed by atoms with Crippen molar-refractivity contribution in [3.8, 4) is 0 Å². The molecule has 2 N–H and O–H groups in total. The zero-order valence-electron chi connectivity index (χ0n) is 8.93. The van der Waals surface area contributed by atoms with Crippen molar-refractivity contribution in [2.24, 2.45) is 11.1 Å². The maximum absolute atomic E-state index is 5.74. The van der Waals surface area contributed by atoms with Gasteiger partial charge in [0.05, 0.1) is 5.60 Å². The summed E-state index contributed by atoms with van der Waals surface area (Å²) in [6.07, 6.45) is 4.78. The first-order valence-corrected chi connectivity index (χ1v) is 4.79. The highest BCUT2D eigenvalue weighted by Gasteiger charge is 2.38. The van der Waals surface area contributed by atoms with E-state index < -0.39 is 0 Å². The van der Waals surface area contributed by atoms with E-state index in [0.717, 1.165) is 12.8 Å². The van der Waals surface area contributed by atoms with Crippen LogP contribution in [0.3, 0.4) is 0 Å². The van der Waals surface area contributed by atoms with E-state index in [4.69, 9.17) is 10.5 Å². The summed E-state index contributed by atoms with van der Waals surface area (Å²) in [6.45, 7) is 5.26. The average molecular weight is 208 g/mol. The molecule has 0 aromatic carbocycles. The minimum absolute atomic E-state index is 0.